The Morgan fingerprint density at radius 2 is 2.25 bits per heavy atom. The summed E-state index contributed by atoms with van der Waals surface area (Å²) < 4.78 is 18.4. The van der Waals surface area contributed by atoms with E-state index in [1.807, 2.05) is 0 Å². The van der Waals surface area contributed by atoms with Crippen LogP contribution < -0.4 is 4.74 Å². The molecule has 0 aliphatic heterocycles. The molecular weight excluding hydrogens is 227 g/mol. The van der Waals surface area contributed by atoms with Crippen LogP contribution in [-0.4, -0.2) is 23.9 Å². The quantitative estimate of drug-likeness (QED) is 0.566. The maximum absolute atomic E-state index is 12.9. The van der Waals surface area contributed by atoms with Crippen LogP contribution in [0.15, 0.2) is 18.2 Å². The molecule has 1 aromatic carbocycles. The van der Waals surface area contributed by atoms with E-state index in [0.29, 0.717) is 17.9 Å². The average molecular weight is 242 g/mol. The molecule has 0 aliphatic carbocycles. The number of Topliss-reactive ketones (excluding diaryl/α,β-unsaturated/α-hetero) is 1. The summed E-state index contributed by atoms with van der Waals surface area (Å²) in [5.74, 6) is 1.76. The van der Waals surface area contributed by atoms with Crippen molar-refractivity contribution in [2.45, 2.75) is 13.8 Å². The highest BCUT2D eigenvalue weighted by Gasteiger charge is 2.09. The fourth-order valence-electron chi connectivity index (χ4n) is 1.26. The topological polar surface area (TPSA) is 26.3 Å². The van der Waals surface area contributed by atoms with Gasteiger partial charge in [0.1, 0.15) is 11.6 Å². The average Bonchev–Trinajstić information content (AvgIpc) is 2.26. The fraction of sp³-hybridized carbons (Fsp3) is 0.417. The number of carbonyl (C=O) groups excluding carboxylic acids is 1. The number of hydrogen-bond donors (Lipinski definition) is 0. The lowest BCUT2D eigenvalue weighted by atomic mass is 10.1. The van der Waals surface area contributed by atoms with E-state index in [2.05, 4.69) is 6.92 Å². The number of rotatable bonds is 6. The number of ether oxygens (including phenoxy) is 1. The molecule has 4 heteroatoms. The highest BCUT2D eigenvalue weighted by atomic mass is 32.2. The summed E-state index contributed by atoms with van der Waals surface area (Å²) in [6, 6.07) is 4.02. The van der Waals surface area contributed by atoms with Crippen LogP contribution in [0.5, 0.6) is 5.75 Å². The van der Waals surface area contributed by atoms with Gasteiger partial charge in [-0.15, -0.1) is 0 Å². The van der Waals surface area contributed by atoms with Crippen molar-refractivity contribution in [3.05, 3.63) is 29.6 Å². The lowest BCUT2D eigenvalue weighted by molar-refractivity contribution is 0.101. The van der Waals surface area contributed by atoms with Gasteiger partial charge in [0, 0.05) is 5.75 Å². The largest absolute Gasteiger partial charge is 0.492 e. The SMILES string of the molecule is CCSCCOc1ccc(F)cc1C(C)=O. The van der Waals surface area contributed by atoms with E-state index in [4.69, 9.17) is 4.74 Å². The summed E-state index contributed by atoms with van der Waals surface area (Å²) in [6.07, 6.45) is 0. The van der Waals surface area contributed by atoms with Crippen molar-refractivity contribution in [2.24, 2.45) is 0 Å². The number of carbonyl (C=O) groups is 1. The Labute approximate surface area is 99.2 Å². The first kappa shape index (κ1) is 13.0. The van der Waals surface area contributed by atoms with Crippen LogP contribution in [0.3, 0.4) is 0 Å². The van der Waals surface area contributed by atoms with Crippen LogP contribution in [0, 0.1) is 5.82 Å². The van der Waals surface area contributed by atoms with Crippen molar-refractivity contribution in [2.75, 3.05) is 18.1 Å². The minimum atomic E-state index is -0.416. The van der Waals surface area contributed by atoms with Gasteiger partial charge in [0.15, 0.2) is 5.78 Å². The smallest absolute Gasteiger partial charge is 0.163 e. The lowest BCUT2D eigenvalue weighted by Crippen LogP contribution is -2.05. The van der Waals surface area contributed by atoms with E-state index in [1.165, 1.54) is 25.1 Å². The van der Waals surface area contributed by atoms with Gasteiger partial charge in [0.2, 0.25) is 0 Å². The second-order valence-electron chi connectivity index (χ2n) is 3.24. The van der Waals surface area contributed by atoms with Crippen LogP contribution in [-0.2, 0) is 0 Å². The molecule has 0 fully saturated rings. The van der Waals surface area contributed by atoms with Gasteiger partial charge in [-0.2, -0.15) is 11.8 Å². The molecule has 1 rings (SSSR count). The van der Waals surface area contributed by atoms with E-state index in [9.17, 15) is 9.18 Å². The molecule has 88 valence electrons. The molecule has 0 saturated carbocycles. The predicted octanol–water partition coefficient (Wildman–Crippen LogP) is 3.16. The van der Waals surface area contributed by atoms with Gasteiger partial charge in [-0.3, -0.25) is 4.79 Å². The summed E-state index contributed by atoms with van der Waals surface area (Å²) in [7, 11) is 0. The summed E-state index contributed by atoms with van der Waals surface area (Å²) in [6.45, 7) is 4.01. The molecule has 0 aliphatic rings. The minimum absolute atomic E-state index is 0.183. The third-order valence-corrected chi connectivity index (χ3v) is 2.87. The van der Waals surface area contributed by atoms with Crippen molar-refractivity contribution in [3.8, 4) is 5.75 Å². The normalized spacial score (nSPS) is 10.2. The zero-order chi connectivity index (χ0) is 12.0. The number of benzene rings is 1. The Hall–Kier alpha value is -1.03. The molecule has 1 aromatic rings. The van der Waals surface area contributed by atoms with Gasteiger partial charge < -0.3 is 4.74 Å². The van der Waals surface area contributed by atoms with Gasteiger partial charge in [0.05, 0.1) is 12.2 Å². The van der Waals surface area contributed by atoms with Crippen molar-refractivity contribution in [1.29, 1.82) is 0 Å². The second kappa shape index (κ2) is 6.53. The van der Waals surface area contributed by atoms with Crippen LogP contribution in [0.2, 0.25) is 0 Å². The van der Waals surface area contributed by atoms with Crippen LogP contribution >= 0.6 is 11.8 Å². The Morgan fingerprint density at radius 1 is 1.50 bits per heavy atom. The monoisotopic (exact) mass is 242 g/mol. The lowest BCUT2D eigenvalue weighted by Gasteiger charge is -2.09. The van der Waals surface area contributed by atoms with E-state index in [0.717, 1.165) is 11.5 Å². The number of halogens is 1. The first-order valence-corrected chi connectivity index (χ1v) is 6.31. The fourth-order valence-corrected chi connectivity index (χ4v) is 1.75. The van der Waals surface area contributed by atoms with E-state index in [-0.39, 0.29) is 5.78 Å². The van der Waals surface area contributed by atoms with Gasteiger partial charge >= 0.3 is 0 Å². The van der Waals surface area contributed by atoms with Crippen LogP contribution in [0.1, 0.15) is 24.2 Å². The zero-order valence-corrected chi connectivity index (χ0v) is 10.3. The van der Waals surface area contributed by atoms with E-state index >= 15 is 0 Å². The predicted molar refractivity (Wildman–Crippen MR) is 64.9 cm³/mol. The maximum Gasteiger partial charge on any atom is 0.163 e. The molecule has 0 radical (unpaired) electrons. The van der Waals surface area contributed by atoms with Crippen LogP contribution in [0.25, 0.3) is 0 Å². The molecule has 16 heavy (non-hydrogen) atoms. The van der Waals surface area contributed by atoms with E-state index in [1.54, 1.807) is 11.8 Å². The molecule has 0 saturated heterocycles. The molecular formula is C12H15FO2S. The molecule has 0 atom stereocenters. The Kier molecular flexibility index (Phi) is 5.32. The molecule has 0 bridgehead atoms. The molecule has 0 spiro atoms. The second-order valence-corrected chi connectivity index (χ2v) is 4.64. The summed E-state index contributed by atoms with van der Waals surface area (Å²) >= 11 is 1.76. The first-order valence-electron chi connectivity index (χ1n) is 5.16. The standard InChI is InChI=1S/C12H15FO2S/c1-3-16-7-6-15-12-5-4-10(13)8-11(12)9(2)14/h4-5,8H,3,6-7H2,1-2H3. The minimum Gasteiger partial charge on any atom is -0.492 e. The number of hydrogen-bond acceptors (Lipinski definition) is 3. The van der Waals surface area contributed by atoms with Crippen molar-refractivity contribution < 1.29 is 13.9 Å². The Morgan fingerprint density at radius 3 is 2.88 bits per heavy atom. The van der Waals surface area contributed by atoms with Gasteiger partial charge in [0.25, 0.3) is 0 Å². The molecule has 0 amide bonds. The summed E-state index contributed by atoms with van der Waals surface area (Å²) in [4.78, 5) is 11.3. The highest BCUT2D eigenvalue weighted by Crippen LogP contribution is 2.20. The van der Waals surface area contributed by atoms with Crippen molar-refractivity contribution in [1.82, 2.24) is 0 Å². The Balaban J connectivity index is 2.67. The zero-order valence-electron chi connectivity index (χ0n) is 9.46. The molecule has 0 N–H and O–H groups in total. The number of thioether (sulfide) groups is 1. The Bertz CT molecular complexity index is 366. The maximum atomic E-state index is 12.9. The van der Waals surface area contributed by atoms with Gasteiger partial charge in [-0.05, 0) is 30.9 Å². The molecule has 0 heterocycles. The van der Waals surface area contributed by atoms with Crippen molar-refractivity contribution >= 4 is 17.5 Å². The third-order valence-electron chi connectivity index (χ3n) is 2.01. The van der Waals surface area contributed by atoms with Crippen LogP contribution in [0.4, 0.5) is 4.39 Å². The highest BCUT2D eigenvalue weighted by molar-refractivity contribution is 7.99. The van der Waals surface area contributed by atoms with E-state index < -0.39 is 5.82 Å². The number of ketones is 1. The third kappa shape index (κ3) is 3.85. The van der Waals surface area contributed by atoms with Gasteiger partial charge in [-0.25, -0.2) is 4.39 Å². The first-order chi connectivity index (χ1) is 7.65. The molecule has 0 unspecified atom stereocenters. The summed E-state index contributed by atoms with van der Waals surface area (Å²) in [5, 5.41) is 0. The van der Waals surface area contributed by atoms with Gasteiger partial charge in [-0.1, -0.05) is 6.92 Å². The molecule has 2 nitrogen and oxygen atoms in total. The molecule has 0 aromatic heterocycles. The summed E-state index contributed by atoms with van der Waals surface area (Å²) in [5.41, 5.74) is 0.307. The van der Waals surface area contributed by atoms with Crippen molar-refractivity contribution in [3.63, 3.8) is 0 Å².